The number of para-hydroxylation sites is 3. The Bertz CT molecular complexity index is 739. The molecule has 23 heavy (non-hydrogen) atoms. The van der Waals surface area contributed by atoms with Gasteiger partial charge in [-0.1, -0.05) is 44.2 Å². The van der Waals surface area contributed by atoms with E-state index in [2.05, 4.69) is 10.6 Å². The third-order valence-corrected chi connectivity index (χ3v) is 3.52. The summed E-state index contributed by atoms with van der Waals surface area (Å²) in [6, 6.07) is 12.0. The lowest BCUT2D eigenvalue weighted by Crippen LogP contribution is -2.29. The summed E-state index contributed by atoms with van der Waals surface area (Å²) in [6.45, 7) is 5.92. The maximum atomic E-state index is 12.2. The second-order valence-electron chi connectivity index (χ2n) is 5.62. The summed E-state index contributed by atoms with van der Waals surface area (Å²) in [7, 11) is 0. The van der Waals surface area contributed by atoms with Crippen molar-refractivity contribution in [2.75, 3.05) is 10.6 Å². The quantitative estimate of drug-likeness (QED) is 0.600. The first-order valence-electron chi connectivity index (χ1n) is 7.40. The highest BCUT2D eigenvalue weighted by Crippen LogP contribution is 2.27. The summed E-state index contributed by atoms with van der Waals surface area (Å²) in [5.41, 5.74) is 2.70. The summed E-state index contributed by atoms with van der Waals surface area (Å²) in [4.78, 5) is 24.2. The standard InChI is InChI=1S/C18H20N2O3/c1-11(2)13-8-6-7-12(3)16(13)20-18(23)17(22)19-14-9-4-5-10-15(14)21/h4-11,21H,1-3H3,(H,19,22)(H,20,23). The molecule has 0 aliphatic heterocycles. The van der Waals surface area contributed by atoms with Crippen molar-refractivity contribution >= 4 is 23.2 Å². The van der Waals surface area contributed by atoms with Crippen LogP contribution in [0, 0.1) is 6.92 Å². The number of anilines is 2. The summed E-state index contributed by atoms with van der Waals surface area (Å²) in [5.74, 6) is -1.48. The van der Waals surface area contributed by atoms with E-state index < -0.39 is 11.8 Å². The molecule has 0 aromatic heterocycles. The molecule has 2 aromatic rings. The highest BCUT2D eigenvalue weighted by molar-refractivity contribution is 6.44. The number of phenolic OH excluding ortho intramolecular Hbond substituents is 1. The minimum absolute atomic E-state index is 0.0904. The van der Waals surface area contributed by atoms with Crippen LogP contribution in [0.4, 0.5) is 11.4 Å². The van der Waals surface area contributed by atoms with Crippen molar-refractivity contribution in [1.29, 1.82) is 0 Å². The van der Waals surface area contributed by atoms with Crippen LogP contribution in [0.3, 0.4) is 0 Å². The molecule has 0 unspecified atom stereocenters. The van der Waals surface area contributed by atoms with Gasteiger partial charge >= 0.3 is 11.8 Å². The van der Waals surface area contributed by atoms with Gasteiger partial charge in [0.2, 0.25) is 0 Å². The minimum atomic E-state index is -0.829. The Morgan fingerprint density at radius 3 is 2.26 bits per heavy atom. The Labute approximate surface area is 135 Å². The molecule has 3 N–H and O–H groups in total. The number of nitrogens with one attached hydrogen (secondary N) is 2. The van der Waals surface area contributed by atoms with Crippen molar-refractivity contribution in [1.82, 2.24) is 0 Å². The van der Waals surface area contributed by atoms with Gasteiger partial charge in [-0.15, -0.1) is 0 Å². The smallest absolute Gasteiger partial charge is 0.314 e. The van der Waals surface area contributed by atoms with Gasteiger partial charge in [0.1, 0.15) is 5.75 Å². The Morgan fingerprint density at radius 2 is 1.61 bits per heavy atom. The van der Waals surface area contributed by atoms with E-state index in [1.165, 1.54) is 12.1 Å². The SMILES string of the molecule is Cc1cccc(C(C)C)c1NC(=O)C(=O)Nc1ccccc1O. The normalized spacial score (nSPS) is 10.4. The molecule has 2 aromatic carbocycles. The van der Waals surface area contributed by atoms with Crippen LogP contribution in [0.25, 0.3) is 0 Å². The molecular weight excluding hydrogens is 292 g/mol. The lowest BCUT2D eigenvalue weighted by atomic mass is 9.98. The first-order chi connectivity index (χ1) is 10.9. The molecule has 0 radical (unpaired) electrons. The summed E-state index contributed by atoms with van der Waals surface area (Å²) in [6.07, 6.45) is 0. The molecule has 120 valence electrons. The summed E-state index contributed by atoms with van der Waals surface area (Å²) >= 11 is 0. The van der Waals surface area contributed by atoms with Crippen LogP contribution < -0.4 is 10.6 Å². The van der Waals surface area contributed by atoms with Crippen molar-refractivity contribution in [3.05, 3.63) is 53.6 Å². The lowest BCUT2D eigenvalue weighted by Gasteiger charge is -2.16. The molecular formula is C18H20N2O3. The molecule has 0 fully saturated rings. The second-order valence-corrected chi connectivity index (χ2v) is 5.62. The van der Waals surface area contributed by atoms with Gasteiger partial charge in [-0.3, -0.25) is 9.59 Å². The number of benzene rings is 2. The fourth-order valence-corrected chi connectivity index (χ4v) is 2.27. The van der Waals surface area contributed by atoms with Crippen LogP contribution in [-0.4, -0.2) is 16.9 Å². The van der Waals surface area contributed by atoms with Gasteiger partial charge in [-0.25, -0.2) is 0 Å². The van der Waals surface area contributed by atoms with Gasteiger partial charge in [-0.05, 0) is 36.1 Å². The van der Waals surface area contributed by atoms with Crippen LogP contribution in [0.2, 0.25) is 0 Å². The first-order valence-corrected chi connectivity index (χ1v) is 7.40. The van der Waals surface area contributed by atoms with Crippen molar-refractivity contribution < 1.29 is 14.7 Å². The zero-order valence-electron chi connectivity index (χ0n) is 13.4. The topological polar surface area (TPSA) is 78.4 Å². The molecule has 0 saturated heterocycles. The van der Waals surface area contributed by atoms with E-state index in [0.29, 0.717) is 5.69 Å². The zero-order valence-corrected chi connectivity index (χ0v) is 13.4. The number of carbonyl (C=O) groups is 2. The number of aromatic hydroxyl groups is 1. The van der Waals surface area contributed by atoms with E-state index in [0.717, 1.165) is 11.1 Å². The minimum Gasteiger partial charge on any atom is -0.506 e. The van der Waals surface area contributed by atoms with Crippen LogP contribution in [0.5, 0.6) is 5.75 Å². The van der Waals surface area contributed by atoms with Gasteiger partial charge in [0.25, 0.3) is 0 Å². The molecule has 5 heteroatoms. The average molecular weight is 312 g/mol. The molecule has 0 spiro atoms. The largest absolute Gasteiger partial charge is 0.506 e. The predicted molar refractivity (Wildman–Crippen MR) is 90.6 cm³/mol. The van der Waals surface area contributed by atoms with Crippen LogP contribution >= 0.6 is 0 Å². The third kappa shape index (κ3) is 3.88. The van der Waals surface area contributed by atoms with Crippen molar-refractivity contribution in [3.63, 3.8) is 0 Å². The number of hydrogen-bond acceptors (Lipinski definition) is 3. The molecule has 0 atom stereocenters. The number of amides is 2. The Balaban J connectivity index is 2.17. The van der Waals surface area contributed by atoms with Crippen molar-refractivity contribution in [2.24, 2.45) is 0 Å². The first kappa shape index (κ1) is 16.5. The molecule has 0 aliphatic rings. The number of carbonyl (C=O) groups excluding carboxylic acids is 2. The van der Waals surface area contributed by atoms with Crippen LogP contribution in [0.15, 0.2) is 42.5 Å². The Kier molecular flexibility index (Phi) is 5.01. The summed E-state index contributed by atoms with van der Waals surface area (Å²) < 4.78 is 0. The van der Waals surface area contributed by atoms with Crippen molar-refractivity contribution in [3.8, 4) is 5.75 Å². The Hall–Kier alpha value is -2.82. The fraction of sp³-hybridized carbons (Fsp3) is 0.222. The maximum absolute atomic E-state index is 12.2. The maximum Gasteiger partial charge on any atom is 0.314 e. The fourth-order valence-electron chi connectivity index (χ4n) is 2.27. The molecule has 0 saturated carbocycles. The van der Waals surface area contributed by atoms with Gasteiger partial charge in [0.05, 0.1) is 5.69 Å². The second kappa shape index (κ2) is 6.96. The predicted octanol–water partition coefficient (Wildman–Crippen LogP) is 3.40. The van der Waals surface area contributed by atoms with E-state index in [4.69, 9.17) is 0 Å². The highest BCUT2D eigenvalue weighted by atomic mass is 16.3. The van der Waals surface area contributed by atoms with Crippen LogP contribution in [0.1, 0.15) is 30.9 Å². The third-order valence-electron chi connectivity index (χ3n) is 3.52. The van der Waals surface area contributed by atoms with Gasteiger partial charge in [-0.2, -0.15) is 0 Å². The lowest BCUT2D eigenvalue weighted by molar-refractivity contribution is -0.133. The zero-order chi connectivity index (χ0) is 17.0. The van der Waals surface area contributed by atoms with Gasteiger partial charge < -0.3 is 15.7 Å². The number of hydrogen-bond donors (Lipinski definition) is 3. The van der Waals surface area contributed by atoms with Crippen LogP contribution in [-0.2, 0) is 9.59 Å². The van der Waals surface area contributed by atoms with E-state index in [-0.39, 0.29) is 17.4 Å². The molecule has 0 heterocycles. The van der Waals surface area contributed by atoms with E-state index in [9.17, 15) is 14.7 Å². The average Bonchev–Trinajstić information content (AvgIpc) is 2.51. The van der Waals surface area contributed by atoms with E-state index in [1.807, 2.05) is 39.0 Å². The number of phenols is 1. The molecule has 0 bridgehead atoms. The number of rotatable bonds is 3. The summed E-state index contributed by atoms with van der Waals surface area (Å²) in [5, 5.41) is 14.7. The molecule has 2 rings (SSSR count). The van der Waals surface area contributed by atoms with E-state index >= 15 is 0 Å². The molecule has 5 nitrogen and oxygen atoms in total. The van der Waals surface area contributed by atoms with Gasteiger partial charge in [0.15, 0.2) is 0 Å². The number of aryl methyl sites for hydroxylation is 1. The monoisotopic (exact) mass is 312 g/mol. The van der Waals surface area contributed by atoms with Crippen molar-refractivity contribution in [2.45, 2.75) is 26.7 Å². The van der Waals surface area contributed by atoms with E-state index in [1.54, 1.807) is 12.1 Å². The molecule has 2 amide bonds. The van der Waals surface area contributed by atoms with Gasteiger partial charge in [0, 0.05) is 5.69 Å². The Morgan fingerprint density at radius 1 is 0.957 bits per heavy atom. The highest BCUT2D eigenvalue weighted by Gasteiger charge is 2.18. The molecule has 0 aliphatic carbocycles.